The number of fused-ring (bicyclic) bond motifs is 3. The zero-order valence-corrected chi connectivity index (χ0v) is 15.3. The van der Waals surface area contributed by atoms with Gasteiger partial charge in [-0.2, -0.15) is 0 Å². The van der Waals surface area contributed by atoms with Crippen molar-refractivity contribution in [1.82, 2.24) is 15.2 Å². The van der Waals surface area contributed by atoms with Gasteiger partial charge in [-0.1, -0.05) is 0 Å². The van der Waals surface area contributed by atoms with Crippen LogP contribution < -0.4 is 10.2 Å². The maximum Gasteiger partial charge on any atom is 0.410 e. The number of nitrogens with zero attached hydrogens (tertiary/aromatic N) is 3. The molecule has 1 atom stereocenters. The van der Waals surface area contributed by atoms with Gasteiger partial charge in [-0.15, -0.1) is 0 Å². The number of carbonyl (C=O) groups is 2. The number of rotatable bonds is 1. The van der Waals surface area contributed by atoms with Gasteiger partial charge in [0.1, 0.15) is 11.4 Å². The molecule has 1 aromatic heterocycles. The molecule has 0 spiro atoms. The summed E-state index contributed by atoms with van der Waals surface area (Å²) in [7, 11) is 1.64. The third-order valence-corrected chi connectivity index (χ3v) is 4.64. The predicted molar refractivity (Wildman–Crippen MR) is 94.9 cm³/mol. The molecule has 0 saturated carbocycles. The van der Waals surface area contributed by atoms with Crippen LogP contribution in [0.25, 0.3) is 0 Å². The van der Waals surface area contributed by atoms with Gasteiger partial charge < -0.3 is 19.9 Å². The van der Waals surface area contributed by atoms with Crippen molar-refractivity contribution in [2.24, 2.45) is 0 Å². The number of aromatic nitrogens is 1. The second kappa shape index (κ2) is 6.54. The molecule has 2 amide bonds. The van der Waals surface area contributed by atoms with Crippen LogP contribution in [0.3, 0.4) is 0 Å². The van der Waals surface area contributed by atoms with E-state index in [9.17, 15) is 9.59 Å². The first-order valence-electron chi connectivity index (χ1n) is 8.74. The van der Waals surface area contributed by atoms with Crippen molar-refractivity contribution in [1.29, 1.82) is 0 Å². The Morgan fingerprint density at radius 2 is 2.08 bits per heavy atom. The molecule has 1 saturated heterocycles. The van der Waals surface area contributed by atoms with Crippen LogP contribution in [-0.2, 0) is 11.2 Å². The molecular formula is C18H26N4O3. The quantitative estimate of drug-likeness (QED) is 0.839. The molecular weight excluding hydrogens is 320 g/mol. The van der Waals surface area contributed by atoms with Gasteiger partial charge in [0.05, 0.1) is 0 Å². The van der Waals surface area contributed by atoms with Crippen LogP contribution >= 0.6 is 0 Å². The van der Waals surface area contributed by atoms with Gasteiger partial charge in [0.15, 0.2) is 0 Å². The van der Waals surface area contributed by atoms with Crippen molar-refractivity contribution in [3.8, 4) is 0 Å². The lowest BCUT2D eigenvalue weighted by Gasteiger charge is -2.45. The Bertz CT molecular complexity index is 683. The molecule has 2 aliphatic rings. The van der Waals surface area contributed by atoms with Crippen molar-refractivity contribution in [3.05, 3.63) is 23.4 Å². The molecule has 0 unspecified atom stereocenters. The molecule has 1 aromatic rings. The highest BCUT2D eigenvalue weighted by atomic mass is 16.6. The number of nitrogens with one attached hydrogen (secondary N) is 1. The molecule has 136 valence electrons. The van der Waals surface area contributed by atoms with Gasteiger partial charge in [0.25, 0.3) is 5.91 Å². The van der Waals surface area contributed by atoms with Crippen molar-refractivity contribution >= 4 is 17.8 Å². The first-order valence-corrected chi connectivity index (χ1v) is 8.74. The fraction of sp³-hybridized carbons (Fsp3) is 0.611. The summed E-state index contributed by atoms with van der Waals surface area (Å²) in [5.74, 6) is 0.797. The third-order valence-electron chi connectivity index (χ3n) is 4.64. The van der Waals surface area contributed by atoms with E-state index in [1.165, 1.54) is 0 Å². The summed E-state index contributed by atoms with van der Waals surface area (Å²) in [6.45, 7) is 7.55. The molecule has 0 radical (unpaired) electrons. The summed E-state index contributed by atoms with van der Waals surface area (Å²) in [6, 6.07) is 1.98. The van der Waals surface area contributed by atoms with Crippen molar-refractivity contribution < 1.29 is 14.3 Å². The molecule has 1 N–H and O–H groups in total. The number of amides is 2. The smallest absolute Gasteiger partial charge is 0.410 e. The van der Waals surface area contributed by atoms with Crippen LogP contribution in [-0.4, -0.2) is 60.2 Å². The summed E-state index contributed by atoms with van der Waals surface area (Å²) in [6.07, 6.45) is 3.11. The fourth-order valence-corrected chi connectivity index (χ4v) is 3.51. The minimum absolute atomic E-state index is 0.0792. The lowest BCUT2D eigenvalue weighted by Crippen LogP contribution is -2.57. The van der Waals surface area contributed by atoms with E-state index in [0.29, 0.717) is 25.2 Å². The zero-order valence-electron chi connectivity index (χ0n) is 15.3. The van der Waals surface area contributed by atoms with Crippen LogP contribution in [0.5, 0.6) is 0 Å². The van der Waals surface area contributed by atoms with E-state index in [2.05, 4.69) is 15.2 Å². The Kier molecular flexibility index (Phi) is 4.58. The maximum atomic E-state index is 12.3. The summed E-state index contributed by atoms with van der Waals surface area (Å²) < 4.78 is 5.49. The van der Waals surface area contributed by atoms with E-state index in [0.717, 1.165) is 24.2 Å². The number of carbonyl (C=O) groups excluding carboxylic acids is 2. The summed E-state index contributed by atoms with van der Waals surface area (Å²) >= 11 is 0. The number of anilines is 1. The van der Waals surface area contributed by atoms with Crippen LogP contribution in [0.4, 0.5) is 10.6 Å². The van der Waals surface area contributed by atoms with Gasteiger partial charge in [0, 0.05) is 50.0 Å². The highest BCUT2D eigenvalue weighted by Gasteiger charge is 2.36. The van der Waals surface area contributed by atoms with Gasteiger partial charge in [0.2, 0.25) is 0 Å². The van der Waals surface area contributed by atoms with Crippen molar-refractivity contribution in [2.75, 3.05) is 31.6 Å². The van der Waals surface area contributed by atoms with Crippen LogP contribution in [0.2, 0.25) is 0 Å². The highest BCUT2D eigenvalue weighted by molar-refractivity contribution is 5.96. The zero-order chi connectivity index (χ0) is 18.2. The Morgan fingerprint density at radius 3 is 2.76 bits per heavy atom. The number of hydrogen-bond acceptors (Lipinski definition) is 5. The van der Waals surface area contributed by atoms with Crippen molar-refractivity contribution in [3.63, 3.8) is 0 Å². The fourth-order valence-electron chi connectivity index (χ4n) is 3.51. The van der Waals surface area contributed by atoms with E-state index in [1.54, 1.807) is 24.2 Å². The lowest BCUT2D eigenvalue weighted by atomic mass is 9.93. The van der Waals surface area contributed by atoms with Gasteiger partial charge >= 0.3 is 6.09 Å². The van der Waals surface area contributed by atoms with E-state index >= 15 is 0 Å². The molecule has 0 aromatic carbocycles. The van der Waals surface area contributed by atoms with E-state index in [4.69, 9.17) is 4.74 Å². The number of piperazine rings is 1. The Balaban J connectivity index is 1.77. The molecule has 3 rings (SSSR count). The molecule has 7 heteroatoms. The highest BCUT2D eigenvalue weighted by Crippen LogP contribution is 2.33. The normalized spacial score (nSPS) is 19.8. The largest absolute Gasteiger partial charge is 0.444 e. The first kappa shape index (κ1) is 17.5. The third kappa shape index (κ3) is 3.55. The van der Waals surface area contributed by atoms with E-state index < -0.39 is 5.60 Å². The van der Waals surface area contributed by atoms with E-state index in [1.807, 2.05) is 20.8 Å². The van der Waals surface area contributed by atoms with Crippen molar-refractivity contribution in [2.45, 2.75) is 45.3 Å². The van der Waals surface area contributed by atoms with Gasteiger partial charge in [-0.25, -0.2) is 9.78 Å². The molecule has 1 fully saturated rings. The van der Waals surface area contributed by atoms with Crippen LogP contribution in [0, 0.1) is 0 Å². The Hall–Kier alpha value is -2.31. The second-order valence-corrected chi connectivity index (χ2v) is 7.55. The van der Waals surface area contributed by atoms with Crippen LogP contribution in [0.1, 0.15) is 43.1 Å². The Morgan fingerprint density at radius 1 is 1.32 bits per heavy atom. The maximum absolute atomic E-state index is 12.3. The monoisotopic (exact) mass is 346 g/mol. The predicted octanol–water partition coefficient (Wildman–Crippen LogP) is 1.81. The standard InChI is InChI=1S/C18H26N4O3/c1-18(2,3)25-17(24)21-9-10-22-12(11-21)5-6-13-14(16(23)19-4)7-8-20-15(13)22/h7-8,12H,5-6,9-11H2,1-4H3,(H,19,23)/t12-/m1/s1. The summed E-state index contributed by atoms with van der Waals surface area (Å²) in [5, 5.41) is 2.69. The number of hydrogen-bond donors (Lipinski definition) is 1. The summed E-state index contributed by atoms with van der Waals surface area (Å²) in [5.41, 5.74) is 1.21. The second-order valence-electron chi connectivity index (χ2n) is 7.55. The molecule has 3 heterocycles. The SMILES string of the molecule is CNC(=O)c1ccnc2c1CC[C@@H]1CN(C(=O)OC(C)(C)C)CCN21. The average molecular weight is 346 g/mol. The molecule has 25 heavy (non-hydrogen) atoms. The number of pyridine rings is 1. The number of ether oxygens (including phenoxy) is 1. The molecule has 7 nitrogen and oxygen atoms in total. The van der Waals surface area contributed by atoms with Gasteiger partial charge in [-0.3, -0.25) is 4.79 Å². The Labute approximate surface area is 148 Å². The first-order chi connectivity index (χ1) is 11.8. The minimum Gasteiger partial charge on any atom is -0.444 e. The lowest BCUT2D eigenvalue weighted by molar-refractivity contribution is 0.0210. The molecule has 2 aliphatic heterocycles. The van der Waals surface area contributed by atoms with Gasteiger partial charge in [-0.05, 0) is 39.7 Å². The van der Waals surface area contributed by atoms with E-state index in [-0.39, 0.29) is 18.0 Å². The molecule has 0 bridgehead atoms. The molecule has 0 aliphatic carbocycles. The topological polar surface area (TPSA) is 74.8 Å². The van der Waals surface area contributed by atoms with Crippen LogP contribution in [0.15, 0.2) is 12.3 Å². The summed E-state index contributed by atoms with van der Waals surface area (Å²) in [4.78, 5) is 33.0. The minimum atomic E-state index is -0.489. The average Bonchev–Trinajstić information content (AvgIpc) is 2.58.